The Hall–Kier alpha value is -4.50. The Morgan fingerprint density at radius 2 is 1.69 bits per heavy atom. The lowest BCUT2D eigenvalue weighted by Crippen LogP contribution is -2.69. The van der Waals surface area contributed by atoms with Gasteiger partial charge in [0.25, 0.3) is 0 Å². The van der Waals surface area contributed by atoms with E-state index in [0.717, 1.165) is 33.4 Å². The van der Waals surface area contributed by atoms with Gasteiger partial charge in [0, 0.05) is 40.9 Å². The van der Waals surface area contributed by atoms with Crippen molar-refractivity contribution in [3.63, 3.8) is 0 Å². The quantitative estimate of drug-likeness (QED) is 0.271. The first-order valence-corrected chi connectivity index (χ1v) is 16.3. The van der Waals surface area contributed by atoms with Gasteiger partial charge in [-0.15, -0.1) is 0 Å². The Morgan fingerprint density at radius 1 is 1.06 bits per heavy atom. The Balaban J connectivity index is 1.83. The summed E-state index contributed by atoms with van der Waals surface area (Å²) in [6.45, 7) is 17.8. The van der Waals surface area contributed by atoms with E-state index < -0.39 is 18.1 Å². The molecule has 0 aliphatic carbocycles. The van der Waals surface area contributed by atoms with Gasteiger partial charge >= 0.3 is 0 Å². The molecule has 1 amide bonds. The molecule has 0 spiro atoms. The number of amides is 1. The van der Waals surface area contributed by atoms with Gasteiger partial charge in [-0.25, -0.2) is 0 Å². The molecule has 6 atom stereocenters. The van der Waals surface area contributed by atoms with Gasteiger partial charge in [0.05, 0.1) is 31.3 Å². The van der Waals surface area contributed by atoms with Crippen LogP contribution < -0.4 is 30.0 Å². The summed E-state index contributed by atoms with van der Waals surface area (Å²) in [5.41, 5.74) is 11.0. The second kappa shape index (κ2) is 14.3. The highest BCUT2D eigenvalue weighted by atomic mass is 16.5. The van der Waals surface area contributed by atoms with Gasteiger partial charge in [-0.2, -0.15) is 5.26 Å². The molecule has 4 N–H and O–H groups in total. The maximum Gasteiger partial charge on any atom is 0.236 e. The van der Waals surface area contributed by atoms with Crippen molar-refractivity contribution in [2.24, 2.45) is 5.73 Å². The van der Waals surface area contributed by atoms with Crippen LogP contribution in [0.4, 0.5) is 0 Å². The number of piperazine rings is 1. The van der Waals surface area contributed by atoms with Crippen LogP contribution in [0.25, 0.3) is 0 Å². The number of nitriles is 1. The lowest BCUT2D eigenvalue weighted by Gasteiger charge is -2.60. The van der Waals surface area contributed by atoms with Crippen LogP contribution in [-0.4, -0.2) is 85.5 Å². The van der Waals surface area contributed by atoms with Gasteiger partial charge in [-0.05, 0) is 51.8 Å². The second-order valence-electron chi connectivity index (χ2n) is 12.7. The molecule has 11 heteroatoms. The fourth-order valence-corrected chi connectivity index (χ4v) is 7.86. The molecule has 0 aromatic heterocycles. The highest BCUT2D eigenvalue weighted by Crippen LogP contribution is 2.57. The third kappa shape index (κ3) is 5.78. The molecule has 256 valence electrons. The Morgan fingerprint density at radius 3 is 2.27 bits per heavy atom. The first kappa shape index (κ1) is 34.8. The van der Waals surface area contributed by atoms with Gasteiger partial charge in [-0.3, -0.25) is 14.6 Å². The van der Waals surface area contributed by atoms with Crippen molar-refractivity contribution in [3.05, 3.63) is 77.4 Å². The number of rotatable bonds is 13. The van der Waals surface area contributed by atoms with Crippen LogP contribution in [0, 0.1) is 25.2 Å². The standard InChI is InChI=1S/C37H47N5O6/c1-9-12-46-34-21(5)35(47-13-10-2)36(48-14-11-3)30-24(34)17-26-31-29-23(15-20(4)33(45-8)32(29)43)16-25(41(31)7)27(18-38)42(26)28(30)19-40-37(44)22(6)39/h9-11,15,22,25-28,31,43H,1-3,12-14,16-17,19,39H2,4-8H3,(H,40,44)/t22-,25+,26-,27-,28-,31+/m0/s1. The zero-order valence-electron chi connectivity index (χ0n) is 28.5. The Bertz CT molecular complexity index is 1650. The van der Waals surface area contributed by atoms with E-state index in [9.17, 15) is 15.2 Å². The summed E-state index contributed by atoms with van der Waals surface area (Å²) >= 11 is 0. The lowest BCUT2D eigenvalue weighted by atomic mass is 9.71. The minimum atomic E-state index is -0.741. The summed E-state index contributed by atoms with van der Waals surface area (Å²) in [7, 11) is 3.57. The van der Waals surface area contributed by atoms with Crippen molar-refractivity contribution in [2.75, 3.05) is 40.5 Å². The molecule has 2 bridgehead atoms. The topological polar surface area (TPSA) is 143 Å². The minimum absolute atomic E-state index is 0.105. The number of likely N-dealkylation sites (N-methyl/N-ethyl adjacent to an activating group) is 1. The Labute approximate surface area is 283 Å². The van der Waals surface area contributed by atoms with Gasteiger partial charge < -0.3 is 35.1 Å². The number of aryl methyl sites for hydroxylation is 1. The maximum atomic E-state index is 13.0. The summed E-state index contributed by atoms with van der Waals surface area (Å²) in [5, 5.41) is 25.7. The molecular formula is C37H47N5O6. The summed E-state index contributed by atoms with van der Waals surface area (Å²) in [6.07, 6.45) is 5.99. The summed E-state index contributed by atoms with van der Waals surface area (Å²) in [5.74, 6) is 1.82. The fraction of sp³-hybridized carbons (Fsp3) is 0.459. The first-order valence-electron chi connectivity index (χ1n) is 16.3. The van der Waals surface area contributed by atoms with E-state index in [1.54, 1.807) is 32.3 Å². The number of phenolic OH excluding ortho intramolecular Hbond substituents is 1. The second-order valence-corrected chi connectivity index (χ2v) is 12.7. The molecule has 48 heavy (non-hydrogen) atoms. The molecule has 2 aromatic carbocycles. The van der Waals surface area contributed by atoms with Crippen LogP contribution in [0.15, 0.2) is 44.0 Å². The van der Waals surface area contributed by atoms with E-state index in [2.05, 4.69) is 47.0 Å². The number of ether oxygens (including phenoxy) is 4. The molecule has 1 fully saturated rings. The molecule has 0 unspecified atom stereocenters. The molecule has 0 radical (unpaired) electrons. The van der Waals surface area contributed by atoms with E-state index >= 15 is 0 Å². The normalized spacial score (nSPS) is 23.3. The highest BCUT2D eigenvalue weighted by molar-refractivity contribution is 5.81. The number of carbonyl (C=O) groups is 1. The molecule has 3 aliphatic rings. The number of nitrogens with two attached hydrogens (primary N) is 1. The number of fused-ring (bicyclic) bond motifs is 7. The predicted molar refractivity (Wildman–Crippen MR) is 184 cm³/mol. The molecule has 1 saturated heterocycles. The van der Waals surface area contributed by atoms with Crippen molar-refractivity contribution in [1.82, 2.24) is 15.1 Å². The maximum absolute atomic E-state index is 13.0. The van der Waals surface area contributed by atoms with E-state index in [-0.39, 0.29) is 56.1 Å². The van der Waals surface area contributed by atoms with Crippen molar-refractivity contribution < 1.29 is 28.8 Å². The third-order valence-electron chi connectivity index (χ3n) is 9.78. The third-order valence-corrected chi connectivity index (χ3v) is 9.78. The van der Waals surface area contributed by atoms with Gasteiger partial charge in [0.1, 0.15) is 31.6 Å². The zero-order valence-corrected chi connectivity index (χ0v) is 28.5. The van der Waals surface area contributed by atoms with Crippen LogP contribution in [0.3, 0.4) is 0 Å². The van der Waals surface area contributed by atoms with Gasteiger partial charge in [0.2, 0.25) is 5.91 Å². The number of benzene rings is 2. The monoisotopic (exact) mass is 657 g/mol. The zero-order chi connectivity index (χ0) is 34.9. The van der Waals surface area contributed by atoms with Crippen LogP contribution in [0.5, 0.6) is 28.7 Å². The minimum Gasteiger partial charge on any atom is -0.504 e. The molecule has 2 aromatic rings. The predicted octanol–water partition coefficient (Wildman–Crippen LogP) is 3.95. The van der Waals surface area contributed by atoms with Gasteiger partial charge in [0.15, 0.2) is 23.0 Å². The van der Waals surface area contributed by atoms with Crippen molar-refractivity contribution in [2.45, 2.75) is 69.9 Å². The van der Waals surface area contributed by atoms with Crippen molar-refractivity contribution >= 4 is 5.91 Å². The number of methoxy groups -OCH3 is 1. The summed E-state index contributed by atoms with van der Waals surface area (Å²) < 4.78 is 24.8. The van der Waals surface area contributed by atoms with Crippen LogP contribution in [0.1, 0.15) is 52.4 Å². The molecule has 3 heterocycles. The molecule has 0 saturated carbocycles. The van der Waals surface area contributed by atoms with E-state index in [0.29, 0.717) is 35.8 Å². The largest absolute Gasteiger partial charge is 0.504 e. The van der Waals surface area contributed by atoms with Crippen molar-refractivity contribution in [3.8, 4) is 34.8 Å². The average Bonchev–Trinajstić information content (AvgIpc) is 3.05. The SMILES string of the molecule is C=CCOc1c(C)c(OCC=C)c(OCC=C)c2c1C[C@H]1[C@@H]3c4c(cc(C)c(OC)c4O)C[C@H]([C@H](C#N)N1[C@H]2CNC(=O)[C@H](C)N)N3C. The lowest BCUT2D eigenvalue weighted by molar-refractivity contribution is -0.123. The van der Waals surface area contributed by atoms with E-state index in [4.69, 9.17) is 24.7 Å². The van der Waals surface area contributed by atoms with Crippen LogP contribution in [0.2, 0.25) is 0 Å². The number of phenols is 1. The molecule has 5 rings (SSSR count). The number of hydrogen-bond donors (Lipinski definition) is 3. The molecular weight excluding hydrogens is 610 g/mol. The summed E-state index contributed by atoms with van der Waals surface area (Å²) in [6, 6.07) is 1.96. The first-order chi connectivity index (χ1) is 23.1. The van der Waals surface area contributed by atoms with Gasteiger partial charge in [-0.1, -0.05) is 44.0 Å². The number of hydrogen-bond acceptors (Lipinski definition) is 10. The average molecular weight is 658 g/mol. The molecule has 3 aliphatic heterocycles. The number of nitrogens with zero attached hydrogens (tertiary/aromatic N) is 3. The molecule has 11 nitrogen and oxygen atoms in total. The number of nitrogens with one attached hydrogen (secondary N) is 1. The Kier molecular flexibility index (Phi) is 10.4. The van der Waals surface area contributed by atoms with E-state index in [1.165, 1.54) is 0 Å². The van der Waals surface area contributed by atoms with E-state index in [1.807, 2.05) is 20.9 Å². The fourth-order valence-electron chi connectivity index (χ4n) is 7.86. The van der Waals surface area contributed by atoms with Crippen LogP contribution >= 0.6 is 0 Å². The summed E-state index contributed by atoms with van der Waals surface area (Å²) in [4.78, 5) is 17.4. The number of carbonyl (C=O) groups excluding carboxylic acids is 1. The smallest absolute Gasteiger partial charge is 0.236 e. The van der Waals surface area contributed by atoms with Crippen LogP contribution in [-0.2, 0) is 17.6 Å². The highest BCUT2D eigenvalue weighted by Gasteiger charge is 2.56. The number of aromatic hydroxyl groups is 1. The van der Waals surface area contributed by atoms with Crippen molar-refractivity contribution in [1.29, 1.82) is 5.26 Å².